The summed E-state index contributed by atoms with van der Waals surface area (Å²) in [6, 6.07) is 5.47. The summed E-state index contributed by atoms with van der Waals surface area (Å²) in [7, 11) is 1.84. The van der Waals surface area contributed by atoms with E-state index in [1.165, 1.54) is 11.3 Å². The first kappa shape index (κ1) is 16.6. The minimum absolute atomic E-state index is 0.0408. The Morgan fingerprint density at radius 2 is 2.19 bits per heavy atom. The molecule has 2 amide bonds. The van der Waals surface area contributed by atoms with Gasteiger partial charge in [-0.05, 0) is 23.6 Å². The standard InChI is InChI=1S/C18H19N5O2S/c1-21-5-2-3-15(21)17(24)20-10-14-9-19-16-11-22(6-7-23(14)16)18(25)13-4-8-26-12-13/h2-5,8-9,12H,6-7,10-11H2,1H3,(H,20,24). The number of nitrogens with zero attached hydrogens (tertiary/aromatic N) is 4. The number of aromatic nitrogens is 3. The first-order chi connectivity index (χ1) is 12.6. The number of rotatable bonds is 4. The Labute approximate surface area is 154 Å². The number of fused-ring (bicyclic) bond motifs is 1. The summed E-state index contributed by atoms with van der Waals surface area (Å²) in [4.78, 5) is 31.0. The van der Waals surface area contributed by atoms with Crippen LogP contribution >= 0.6 is 11.3 Å². The Morgan fingerprint density at radius 3 is 2.92 bits per heavy atom. The van der Waals surface area contributed by atoms with E-state index in [4.69, 9.17) is 0 Å². The van der Waals surface area contributed by atoms with Crippen LogP contribution in [0.4, 0.5) is 0 Å². The topological polar surface area (TPSA) is 72.2 Å². The molecule has 1 aliphatic heterocycles. The maximum atomic E-state index is 12.5. The fourth-order valence-corrected chi connectivity index (χ4v) is 3.79. The van der Waals surface area contributed by atoms with Crippen molar-refractivity contribution in [3.05, 3.63) is 64.1 Å². The van der Waals surface area contributed by atoms with E-state index in [-0.39, 0.29) is 11.8 Å². The second-order valence-electron chi connectivity index (χ2n) is 6.24. The maximum Gasteiger partial charge on any atom is 0.268 e. The smallest absolute Gasteiger partial charge is 0.268 e. The van der Waals surface area contributed by atoms with Crippen LogP contribution in [0.25, 0.3) is 0 Å². The number of carbonyl (C=O) groups is 2. The molecule has 0 spiro atoms. The Bertz CT molecular complexity index is 941. The lowest BCUT2D eigenvalue weighted by atomic mass is 10.2. The second-order valence-corrected chi connectivity index (χ2v) is 7.02. The number of amides is 2. The average molecular weight is 369 g/mol. The van der Waals surface area contributed by atoms with E-state index in [1.54, 1.807) is 16.8 Å². The zero-order chi connectivity index (χ0) is 18.1. The van der Waals surface area contributed by atoms with Gasteiger partial charge in [0.15, 0.2) is 0 Å². The predicted octanol–water partition coefficient (Wildman–Crippen LogP) is 1.87. The van der Waals surface area contributed by atoms with Crippen LogP contribution < -0.4 is 5.32 Å². The molecule has 0 saturated carbocycles. The maximum absolute atomic E-state index is 12.5. The van der Waals surface area contributed by atoms with Crippen LogP contribution in [0.15, 0.2) is 41.4 Å². The minimum Gasteiger partial charge on any atom is -0.347 e. The van der Waals surface area contributed by atoms with Gasteiger partial charge in [-0.25, -0.2) is 4.98 Å². The SMILES string of the molecule is Cn1cccc1C(=O)NCc1cnc2n1CCN(C(=O)c1ccsc1)C2. The Balaban J connectivity index is 1.42. The Hall–Kier alpha value is -2.87. The van der Waals surface area contributed by atoms with Crippen molar-refractivity contribution in [2.45, 2.75) is 19.6 Å². The van der Waals surface area contributed by atoms with Crippen molar-refractivity contribution < 1.29 is 9.59 Å². The first-order valence-electron chi connectivity index (χ1n) is 8.38. The molecule has 8 heteroatoms. The quantitative estimate of drug-likeness (QED) is 0.763. The third-order valence-corrected chi connectivity index (χ3v) is 5.29. The largest absolute Gasteiger partial charge is 0.347 e. The second kappa shape index (κ2) is 6.80. The van der Waals surface area contributed by atoms with Crippen LogP contribution in [-0.4, -0.2) is 37.4 Å². The number of aryl methyl sites for hydroxylation is 1. The van der Waals surface area contributed by atoms with E-state index in [2.05, 4.69) is 14.9 Å². The van der Waals surface area contributed by atoms with Crippen LogP contribution in [0.2, 0.25) is 0 Å². The molecule has 0 fully saturated rings. The highest BCUT2D eigenvalue weighted by molar-refractivity contribution is 7.08. The number of hydrogen-bond acceptors (Lipinski definition) is 4. The number of hydrogen-bond donors (Lipinski definition) is 1. The van der Waals surface area contributed by atoms with Gasteiger partial charge in [0, 0.05) is 31.7 Å². The summed E-state index contributed by atoms with van der Waals surface area (Å²) < 4.78 is 3.87. The fourth-order valence-electron chi connectivity index (χ4n) is 3.17. The number of carbonyl (C=O) groups excluding carboxylic acids is 2. The monoisotopic (exact) mass is 369 g/mol. The van der Waals surface area contributed by atoms with Crippen molar-refractivity contribution in [2.24, 2.45) is 7.05 Å². The van der Waals surface area contributed by atoms with E-state index < -0.39 is 0 Å². The van der Waals surface area contributed by atoms with Gasteiger partial charge in [-0.15, -0.1) is 0 Å². The highest BCUT2D eigenvalue weighted by Gasteiger charge is 2.24. The molecule has 3 aromatic rings. The lowest BCUT2D eigenvalue weighted by Crippen LogP contribution is -2.39. The summed E-state index contributed by atoms with van der Waals surface area (Å²) in [6.07, 6.45) is 3.62. The van der Waals surface area contributed by atoms with Crippen LogP contribution in [0.3, 0.4) is 0 Å². The average Bonchev–Trinajstić information content (AvgIpc) is 3.39. The van der Waals surface area contributed by atoms with Gasteiger partial charge in [-0.3, -0.25) is 9.59 Å². The molecule has 0 atom stereocenters. The molecule has 0 radical (unpaired) electrons. The van der Waals surface area contributed by atoms with Gasteiger partial charge >= 0.3 is 0 Å². The van der Waals surface area contributed by atoms with Crippen LogP contribution in [-0.2, 0) is 26.7 Å². The van der Waals surface area contributed by atoms with Crippen molar-refractivity contribution in [3.8, 4) is 0 Å². The lowest BCUT2D eigenvalue weighted by molar-refractivity contribution is 0.0707. The molecule has 3 aromatic heterocycles. The molecule has 26 heavy (non-hydrogen) atoms. The third kappa shape index (κ3) is 3.03. The molecule has 0 bridgehead atoms. The first-order valence-corrected chi connectivity index (χ1v) is 9.32. The van der Waals surface area contributed by atoms with E-state index in [1.807, 2.05) is 41.0 Å². The Morgan fingerprint density at radius 1 is 1.31 bits per heavy atom. The van der Waals surface area contributed by atoms with Crippen molar-refractivity contribution in [1.82, 2.24) is 24.3 Å². The van der Waals surface area contributed by atoms with Gasteiger partial charge in [-0.1, -0.05) is 0 Å². The number of thiophene rings is 1. The number of nitrogens with one attached hydrogen (secondary N) is 1. The van der Waals surface area contributed by atoms with E-state index in [0.717, 1.165) is 17.1 Å². The highest BCUT2D eigenvalue weighted by Crippen LogP contribution is 2.18. The molecular weight excluding hydrogens is 350 g/mol. The van der Waals surface area contributed by atoms with Gasteiger partial charge in [0.05, 0.1) is 30.5 Å². The van der Waals surface area contributed by atoms with Crippen molar-refractivity contribution in [2.75, 3.05) is 6.54 Å². The molecule has 134 valence electrons. The van der Waals surface area contributed by atoms with E-state index in [0.29, 0.717) is 31.9 Å². The van der Waals surface area contributed by atoms with Crippen LogP contribution in [0.1, 0.15) is 32.4 Å². The molecule has 0 saturated heterocycles. The van der Waals surface area contributed by atoms with E-state index in [9.17, 15) is 9.59 Å². The molecule has 0 aromatic carbocycles. The van der Waals surface area contributed by atoms with Crippen molar-refractivity contribution in [3.63, 3.8) is 0 Å². The molecule has 0 aliphatic carbocycles. The van der Waals surface area contributed by atoms with Gasteiger partial charge in [0.2, 0.25) is 0 Å². The molecule has 7 nitrogen and oxygen atoms in total. The summed E-state index contributed by atoms with van der Waals surface area (Å²) in [5.74, 6) is 0.778. The summed E-state index contributed by atoms with van der Waals surface area (Å²) >= 11 is 1.52. The highest BCUT2D eigenvalue weighted by atomic mass is 32.1. The Kier molecular flexibility index (Phi) is 4.34. The zero-order valence-electron chi connectivity index (χ0n) is 14.4. The van der Waals surface area contributed by atoms with Gasteiger partial charge in [-0.2, -0.15) is 11.3 Å². The van der Waals surface area contributed by atoms with Crippen LogP contribution in [0.5, 0.6) is 0 Å². The van der Waals surface area contributed by atoms with E-state index >= 15 is 0 Å². The van der Waals surface area contributed by atoms with Crippen molar-refractivity contribution >= 4 is 23.2 Å². The molecule has 1 aliphatic rings. The van der Waals surface area contributed by atoms with Gasteiger partial charge in [0.1, 0.15) is 11.5 Å². The summed E-state index contributed by atoms with van der Waals surface area (Å²) in [5.41, 5.74) is 2.30. The molecule has 0 unspecified atom stereocenters. The summed E-state index contributed by atoms with van der Waals surface area (Å²) in [5, 5.41) is 6.71. The number of imidazole rings is 1. The normalized spacial score (nSPS) is 13.5. The fraction of sp³-hybridized carbons (Fsp3) is 0.278. The third-order valence-electron chi connectivity index (χ3n) is 4.61. The van der Waals surface area contributed by atoms with Crippen LogP contribution in [0, 0.1) is 0 Å². The molecule has 4 heterocycles. The molecule has 4 rings (SSSR count). The predicted molar refractivity (Wildman–Crippen MR) is 97.9 cm³/mol. The minimum atomic E-state index is -0.113. The van der Waals surface area contributed by atoms with Gasteiger partial charge in [0.25, 0.3) is 11.8 Å². The molecule has 1 N–H and O–H groups in total. The summed E-state index contributed by atoms with van der Waals surface area (Å²) in [6.45, 7) is 2.22. The zero-order valence-corrected chi connectivity index (χ0v) is 15.2. The van der Waals surface area contributed by atoms with Gasteiger partial charge < -0.3 is 19.4 Å². The van der Waals surface area contributed by atoms with Crippen molar-refractivity contribution in [1.29, 1.82) is 0 Å². The lowest BCUT2D eigenvalue weighted by Gasteiger charge is -2.28. The molecular formula is C18H19N5O2S.